The number of rotatable bonds is 3. The molecule has 0 aromatic heterocycles. The highest BCUT2D eigenvalue weighted by atomic mass is 16.6. The van der Waals surface area contributed by atoms with Gasteiger partial charge in [0.15, 0.2) is 0 Å². The van der Waals surface area contributed by atoms with Crippen LogP contribution in [0.25, 0.3) is 11.1 Å². The van der Waals surface area contributed by atoms with E-state index >= 15 is 0 Å². The van der Waals surface area contributed by atoms with Crippen LogP contribution in [0.15, 0.2) is 42.5 Å². The predicted octanol–water partition coefficient (Wildman–Crippen LogP) is 3.55. The summed E-state index contributed by atoms with van der Waals surface area (Å²) < 4.78 is 5.36. The zero-order chi connectivity index (χ0) is 12.5. The van der Waals surface area contributed by atoms with Crippen molar-refractivity contribution in [1.29, 1.82) is 0 Å². The molecule has 1 atom stereocenters. The number of hydrogen-bond acceptors (Lipinski definition) is 2. The van der Waals surface area contributed by atoms with E-state index in [9.17, 15) is 4.79 Å². The molecule has 1 heterocycles. The van der Waals surface area contributed by atoms with E-state index in [4.69, 9.17) is 4.74 Å². The van der Waals surface area contributed by atoms with Crippen LogP contribution in [0.5, 0.6) is 0 Å². The van der Waals surface area contributed by atoms with Crippen molar-refractivity contribution in [3.8, 4) is 11.1 Å². The number of benzene rings is 2. The molecule has 2 aromatic rings. The summed E-state index contributed by atoms with van der Waals surface area (Å²) in [7, 11) is 0. The summed E-state index contributed by atoms with van der Waals surface area (Å²) in [6, 6.07) is 14.2. The van der Waals surface area contributed by atoms with Gasteiger partial charge >= 0.3 is 0 Å². The van der Waals surface area contributed by atoms with Crippen molar-refractivity contribution >= 4 is 6.29 Å². The van der Waals surface area contributed by atoms with Gasteiger partial charge < -0.3 is 4.74 Å². The van der Waals surface area contributed by atoms with Crippen LogP contribution in [0.1, 0.15) is 27.6 Å². The van der Waals surface area contributed by atoms with Crippen LogP contribution >= 0.6 is 0 Å². The molecule has 1 aliphatic rings. The molecule has 1 saturated heterocycles. The Balaban J connectivity index is 2.16. The third kappa shape index (κ3) is 1.95. The van der Waals surface area contributed by atoms with E-state index < -0.39 is 0 Å². The fourth-order valence-corrected chi connectivity index (χ4v) is 2.24. The van der Waals surface area contributed by atoms with Gasteiger partial charge in [0.25, 0.3) is 0 Å². The van der Waals surface area contributed by atoms with Gasteiger partial charge in [-0.15, -0.1) is 0 Å². The summed E-state index contributed by atoms with van der Waals surface area (Å²) in [4.78, 5) is 11.1. The first kappa shape index (κ1) is 11.2. The van der Waals surface area contributed by atoms with E-state index in [2.05, 4.69) is 37.3 Å². The Kier molecular flexibility index (Phi) is 2.73. The van der Waals surface area contributed by atoms with Crippen molar-refractivity contribution in [3.63, 3.8) is 0 Å². The molecule has 0 radical (unpaired) electrons. The topological polar surface area (TPSA) is 29.6 Å². The van der Waals surface area contributed by atoms with Crippen molar-refractivity contribution in [2.24, 2.45) is 0 Å². The molecule has 0 aliphatic carbocycles. The van der Waals surface area contributed by atoms with E-state index in [1.54, 1.807) is 0 Å². The molecule has 3 rings (SSSR count). The lowest BCUT2D eigenvalue weighted by Gasteiger charge is -2.10. The van der Waals surface area contributed by atoms with Crippen LogP contribution in [-0.2, 0) is 4.74 Å². The van der Waals surface area contributed by atoms with E-state index in [1.165, 1.54) is 5.56 Å². The normalized spacial score (nSPS) is 17.5. The van der Waals surface area contributed by atoms with Crippen molar-refractivity contribution in [3.05, 3.63) is 59.2 Å². The van der Waals surface area contributed by atoms with Crippen molar-refractivity contribution in [1.82, 2.24) is 0 Å². The zero-order valence-electron chi connectivity index (χ0n) is 10.2. The fourth-order valence-electron chi connectivity index (χ4n) is 2.24. The Morgan fingerprint density at radius 3 is 2.50 bits per heavy atom. The Hall–Kier alpha value is -1.93. The van der Waals surface area contributed by atoms with Crippen LogP contribution < -0.4 is 0 Å². The lowest BCUT2D eigenvalue weighted by atomic mass is 9.93. The molecule has 18 heavy (non-hydrogen) atoms. The molecule has 0 unspecified atom stereocenters. The van der Waals surface area contributed by atoms with Gasteiger partial charge in [0.1, 0.15) is 12.4 Å². The highest BCUT2D eigenvalue weighted by Crippen LogP contribution is 2.38. The number of carbonyl (C=O) groups excluding carboxylic acids is 1. The molecule has 0 spiro atoms. The molecule has 2 heteroatoms. The third-order valence-electron chi connectivity index (χ3n) is 3.28. The molecular formula is C16H14O2. The van der Waals surface area contributed by atoms with Crippen LogP contribution in [0.4, 0.5) is 0 Å². The SMILES string of the molecule is Cc1ccc(-c2cccc(C=O)c2[C@H]2CO2)cc1. The molecule has 0 bridgehead atoms. The summed E-state index contributed by atoms with van der Waals surface area (Å²) >= 11 is 0. The molecule has 2 aromatic carbocycles. The van der Waals surface area contributed by atoms with E-state index in [-0.39, 0.29) is 6.10 Å². The van der Waals surface area contributed by atoms with Gasteiger partial charge in [-0.25, -0.2) is 0 Å². The summed E-state index contributed by atoms with van der Waals surface area (Å²) in [5, 5.41) is 0. The lowest BCUT2D eigenvalue weighted by Crippen LogP contribution is -1.95. The lowest BCUT2D eigenvalue weighted by molar-refractivity contribution is 0.112. The minimum atomic E-state index is 0.0858. The van der Waals surface area contributed by atoms with Crippen molar-refractivity contribution in [2.45, 2.75) is 13.0 Å². The molecule has 1 fully saturated rings. The van der Waals surface area contributed by atoms with Gasteiger partial charge in [0.05, 0.1) is 6.61 Å². The Labute approximate surface area is 106 Å². The summed E-state index contributed by atoms with van der Waals surface area (Å²) in [6.07, 6.45) is 0.997. The molecule has 0 amide bonds. The standard InChI is InChI=1S/C16H14O2/c1-11-5-7-12(8-6-11)14-4-2-3-13(9-17)16(14)15-10-18-15/h2-9,15H,10H2,1H3/t15-/m1/s1. The van der Waals surface area contributed by atoms with Crippen molar-refractivity contribution in [2.75, 3.05) is 6.61 Å². The number of carbonyl (C=O) groups is 1. The number of ether oxygens (including phenoxy) is 1. The van der Waals surface area contributed by atoms with E-state index in [1.807, 2.05) is 12.1 Å². The van der Waals surface area contributed by atoms with Crippen LogP contribution in [0.3, 0.4) is 0 Å². The van der Waals surface area contributed by atoms with Gasteiger partial charge in [-0.1, -0.05) is 48.0 Å². The van der Waals surface area contributed by atoms with Gasteiger partial charge in [-0.2, -0.15) is 0 Å². The Morgan fingerprint density at radius 2 is 1.89 bits per heavy atom. The van der Waals surface area contributed by atoms with E-state index in [0.29, 0.717) is 6.61 Å². The molecular weight excluding hydrogens is 224 g/mol. The van der Waals surface area contributed by atoms with Crippen LogP contribution in [-0.4, -0.2) is 12.9 Å². The first-order valence-electron chi connectivity index (χ1n) is 6.06. The molecule has 2 nitrogen and oxygen atoms in total. The highest BCUT2D eigenvalue weighted by molar-refractivity contribution is 5.83. The Morgan fingerprint density at radius 1 is 1.17 bits per heavy atom. The predicted molar refractivity (Wildman–Crippen MR) is 70.7 cm³/mol. The summed E-state index contributed by atoms with van der Waals surface area (Å²) in [6.45, 7) is 2.78. The quantitative estimate of drug-likeness (QED) is 0.604. The monoisotopic (exact) mass is 238 g/mol. The van der Waals surface area contributed by atoms with Gasteiger partial charge in [0.2, 0.25) is 0 Å². The molecule has 0 N–H and O–H groups in total. The van der Waals surface area contributed by atoms with Gasteiger partial charge in [0, 0.05) is 11.1 Å². The third-order valence-corrected chi connectivity index (χ3v) is 3.28. The maximum Gasteiger partial charge on any atom is 0.150 e. The van der Waals surface area contributed by atoms with Crippen molar-refractivity contribution < 1.29 is 9.53 Å². The number of epoxide rings is 1. The minimum Gasteiger partial charge on any atom is -0.368 e. The number of aldehydes is 1. The number of aryl methyl sites for hydroxylation is 1. The second kappa shape index (κ2) is 4.39. The summed E-state index contributed by atoms with van der Waals surface area (Å²) in [5.74, 6) is 0. The maximum absolute atomic E-state index is 11.1. The average molecular weight is 238 g/mol. The fraction of sp³-hybridized carbons (Fsp3) is 0.188. The van der Waals surface area contributed by atoms with E-state index in [0.717, 1.165) is 28.5 Å². The first-order chi connectivity index (χ1) is 8.79. The Bertz CT molecular complexity index is 581. The molecule has 90 valence electrons. The smallest absolute Gasteiger partial charge is 0.150 e. The number of hydrogen-bond donors (Lipinski definition) is 0. The average Bonchev–Trinajstić information content (AvgIpc) is 3.23. The highest BCUT2D eigenvalue weighted by Gasteiger charge is 2.30. The minimum absolute atomic E-state index is 0.0858. The second-order valence-electron chi connectivity index (χ2n) is 4.61. The maximum atomic E-state index is 11.1. The zero-order valence-corrected chi connectivity index (χ0v) is 10.2. The van der Waals surface area contributed by atoms with Crippen LogP contribution in [0, 0.1) is 6.92 Å². The second-order valence-corrected chi connectivity index (χ2v) is 4.61. The summed E-state index contributed by atoms with van der Waals surface area (Å²) in [5.41, 5.74) is 5.22. The molecule has 0 saturated carbocycles. The first-order valence-corrected chi connectivity index (χ1v) is 6.06. The van der Waals surface area contributed by atoms with Gasteiger partial charge in [-0.3, -0.25) is 4.79 Å². The van der Waals surface area contributed by atoms with Crippen LogP contribution in [0.2, 0.25) is 0 Å². The largest absolute Gasteiger partial charge is 0.368 e. The molecule has 1 aliphatic heterocycles. The van der Waals surface area contributed by atoms with Gasteiger partial charge in [-0.05, 0) is 18.1 Å².